The summed E-state index contributed by atoms with van der Waals surface area (Å²) in [5.74, 6) is -0.530. The summed E-state index contributed by atoms with van der Waals surface area (Å²) in [5, 5.41) is 0. The second-order valence-corrected chi connectivity index (χ2v) is 5.30. The zero-order valence-corrected chi connectivity index (χ0v) is 10.4. The first-order chi connectivity index (χ1) is 7.67. The van der Waals surface area contributed by atoms with E-state index in [-0.39, 0.29) is 0 Å². The molecule has 6 heteroatoms. The van der Waals surface area contributed by atoms with Crippen molar-refractivity contribution in [2.24, 2.45) is 0 Å². The molecule has 0 aliphatic heterocycles. The predicted octanol–water partition coefficient (Wildman–Crippen LogP) is 1.22. The Morgan fingerprint density at radius 3 is 1.94 bits per heavy atom. The van der Waals surface area contributed by atoms with E-state index in [4.69, 9.17) is 17.7 Å². The van der Waals surface area contributed by atoms with Gasteiger partial charge in [0.05, 0.1) is 5.56 Å². The minimum absolute atomic E-state index is 0.422. The quantitative estimate of drug-likeness (QED) is 0.727. The molecule has 0 unspecified atom stereocenters. The second-order valence-electron chi connectivity index (χ2n) is 2.87. The van der Waals surface area contributed by atoms with Gasteiger partial charge in [0.1, 0.15) is 0 Å². The molecule has 16 heavy (non-hydrogen) atoms. The highest BCUT2D eigenvalue weighted by molar-refractivity contribution is 6.55. The van der Waals surface area contributed by atoms with Crippen molar-refractivity contribution in [1.82, 2.24) is 0 Å². The SMILES string of the molecule is CO[Si](OC)(OC)OC(=O)c1ccccc1. The molecule has 1 aromatic rings. The first-order valence-electron chi connectivity index (χ1n) is 4.61. The van der Waals surface area contributed by atoms with E-state index in [1.807, 2.05) is 6.07 Å². The Labute approximate surface area is 95.4 Å². The second kappa shape index (κ2) is 5.76. The predicted molar refractivity (Wildman–Crippen MR) is 58.6 cm³/mol. The fourth-order valence-corrected chi connectivity index (χ4v) is 2.22. The van der Waals surface area contributed by atoms with Gasteiger partial charge in [-0.25, -0.2) is 4.79 Å². The lowest BCUT2D eigenvalue weighted by Gasteiger charge is -2.22. The van der Waals surface area contributed by atoms with Crippen molar-refractivity contribution >= 4 is 15.0 Å². The van der Waals surface area contributed by atoms with Gasteiger partial charge >= 0.3 is 15.0 Å². The van der Waals surface area contributed by atoms with Crippen molar-refractivity contribution in [3.63, 3.8) is 0 Å². The molecule has 0 atom stereocenters. The highest BCUT2D eigenvalue weighted by Crippen LogP contribution is 2.11. The van der Waals surface area contributed by atoms with Gasteiger partial charge in [-0.15, -0.1) is 0 Å². The fourth-order valence-electron chi connectivity index (χ4n) is 1.12. The third kappa shape index (κ3) is 2.89. The van der Waals surface area contributed by atoms with E-state index in [0.29, 0.717) is 5.56 Å². The monoisotopic (exact) mass is 242 g/mol. The van der Waals surface area contributed by atoms with Crippen molar-refractivity contribution in [2.75, 3.05) is 21.3 Å². The van der Waals surface area contributed by atoms with Gasteiger partial charge < -0.3 is 17.7 Å². The Bertz CT molecular complexity index is 328. The Kier molecular flexibility index (Phi) is 4.63. The zero-order chi connectivity index (χ0) is 12.0. The third-order valence-electron chi connectivity index (χ3n) is 1.98. The van der Waals surface area contributed by atoms with Crippen LogP contribution in [-0.4, -0.2) is 36.3 Å². The molecule has 0 bridgehead atoms. The minimum Gasteiger partial charge on any atom is -0.448 e. The van der Waals surface area contributed by atoms with E-state index in [1.54, 1.807) is 24.3 Å². The summed E-state index contributed by atoms with van der Waals surface area (Å²) in [6, 6.07) is 8.58. The lowest BCUT2D eigenvalue weighted by molar-refractivity contribution is 0.00951. The largest absolute Gasteiger partial charge is 0.751 e. The first-order valence-corrected chi connectivity index (χ1v) is 6.24. The molecule has 0 aromatic heterocycles. The van der Waals surface area contributed by atoms with E-state index in [9.17, 15) is 4.79 Å². The van der Waals surface area contributed by atoms with Gasteiger partial charge in [-0.2, -0.15) is 0 Å². The van der Waals surface area contributed by atoms with Gasteiger partial charge in [-0.3, -0.25) is 0 Å². The maximum atomic E-state index is 11.7. The molecule has 0 amide bonds. The Balaban J connectivity index is 2.77. The van der Waals surface area contributed by atoms with Crippen LogP contribution in [0.4, 0.5) is 0 Å². The molecule has 1 rings (SSSR count). The molecule has 0 fully saturated rings. The smallest absolute Gasteiger partial charge is 0.448 e. The Hall–Kier alpha value is -1.21. The van der Waals surface area contributed by atoms with Crippen LogP contribution in [-0.2, 0) is 17.7 Å². The molecule has 0 N–H and O–H groups in total. The van der Waals surface area contributed by atoms with Crippen LogP contribution in [0.2, 0.25) is 0 Å². The summed E-state index contributed by atoms with van der Waals surface area (Å²) in [7, 11) is 0.805. The van der Waals surface area contributed by atoms with Crippen LogP contribution >= 0.6 is 0 Å². The molecular formula is C10H14O5Si. The molecule has 0 saturated heterocycles. The van der Waals surface area contributed by atoms with E-state index >= 15 is 0 Å². The summed E-state index contributed by atoms with van der Waals surface area (Å²) < 4.78 is 20.0. The lowest BCUT2D eigenvalue weighted by atomic mass is 10.2. The van der Waals surface area contributed by atoms with Crippen molar-refractivity contribution in [3.05, 3.63) is 35.9 Å². The van der Waals surface area contributed by atoms with E-state index in [1.165, 1.54) is 21.3 Å². The van der Waals surface area contributed by atoms with Crippen LogP contribution in [0.25, 0.3) is 0 Å². The van der Waals surface area contributed by atoms with E-state index in [2.05, 4.69) is 0 Å². The molecule has 0 aliphatic rings. The summed E-state index contributed by atoms with van der Waals surface area (Å²) in [5.41, 5.74) is 0.422. The fraction of sp³-hybridized carbons (Fsp3) is 0.300. The summed E-state index contributed by atoms with van der Waals surface area (Å²) >= 11 is 0. The number of carbonyl (C=O) groups excluding carboxylic acids is 1. The molecule has 1 aromatic carbocycles. The van der Waals surface area contributed by atoms with Gasteiger partial charge in [-0.1, -0.05) is 18.2 Å². The number of rotatable bonds is 5. The number of hydrogen-bond donors (Lipinski definition) is 0. The summed E-state index contributed by atoms with van der Waals surface area (Å²) in [6.45, 7) is 0. The van der Waals surface area contributed by atoms with Crippen LogP contribution < -0.4 is 0 Å². The Morgan fingerprint density at radius 1 is 1.00 bits per heavy atom. The zero-order valence-electron chi connectivity index (χ0n) is 9.43. The average molecular weight is 242 g/mol. The van der Waals surface area contributed by atoms with E-state index in [0.717, 1.165) is 0 Å². The molecular weight excluding hydrogens is 228 g/mol. The molecule has 0 spiro atoms. The van der Waals surface area contributed by atoms with Crippen LogP contribution in [0.15, 0.2) is 30.3 Å². The molecule has 88 valence electrons. The number of benzene rings is 1. The van der Waals surface area contributed by atoms with Crippen LogP contribution in [0, 0.1) is 0 Å². The van der Waals surface area contributed by atoms with Crippen LogP contribution in [0.5, 0.6) is 0 Å². The highest BCUT2D eigenvalue weighted by Gasteiger charge is 2.47. The topological polar surface area (TPSA) is 54.0 Å². The standard InChI is InChI=1S/C10H14O5Si/c1-12-16(13-2,14-3)15-10(11)9-7-5-4-6-8-9/h4-8H,1-3H3. The number of carbonyl (C=O) groups is 1. The van der Waals surface area contributed by atoms with Gasteiger partial charge in [0, 0.05) is 21.3 Å². The average Bonchev–Trinajstić information content (AvgIpc) is 2.37. The molecule has 0 saturated carbocycles. The maximum absolute atomic E-state index is 11.7. The van der Waals surface area contributed by atoms with Gasteiger partial charge in [0.15, 0.2) is 0 Å². The van der Waals surface area contributed by atoms with Crippen LogP contribution in [0.1, 0.15) is 10.4 Å². The van der Waals surface area contributed by atoms with Gasteiger partial charge in [0.2, 0.25) is 0 Å². The molecule has 5 nitrogen and oxygen atoms in total. The van der Waals surface area contributed by atoms with Crippen molar-refractivity contribution < 1.29 is 22.5 Å². The molecule has 0 aliphatic carbocycles. The van der Waals surface area contributed by atoms with Gasteiger partial charge in [0.25, 0.3) is 0 Å². The molecule has 0 radical (unpaired) electrons. The van der Waals surface area contributed by atoms with E-state index < -0.39 is 15.0 Å². The first kappa shape index (κ1) is 12.9. The van der Waals surface area contributed by atoms with Crippen molar-refractivity contribution in [1.29, 1.82) is 0 Å². The normalized spacial score (nSPS) is 11.2. The highest BCUT2D eigenvalue weighted by atomic mass is 28.4. The summed E-state index contributed by atoms with van der Waals surface area (Å²) in [6.07, 6.45) is 0. The van der Waals surface area contributed by atoms with Crippen molar-refractivity contribution in [3.8, 4) is 0 Å². The van der Waals surface area contributed by atoms with Crippen molar-refractivity contribution in [2.45, 2.75) is 0 Å². The third-order valence-corrected chi connectivity index (χ3v) is 3.91. The number of hydrogen-bond acceptors (Lipinski definition) is 5. The Morgan fingerprint density at radius 2 is 1.50 bits per heavy atom. The molecule has 0 heterocycles. The summed E-state index contributed by atoms with van der Waals surface area (Å²) in [4.78, 5) is 11.7. The van der Waals surface area contributed by atoms with Gasteiger partial charge in [-0.05, 0) is 12.1 Å². The maximum Gasteiger partial charge on any atom is 0.751 e. The minimum atomic E-state index is -3.31. The van der Waals surface area contributed by atoms with Crippen LogP contribution in [0.3, 0.4) is 0 Å². The lowest BCUT2D eigenvalue weighted by Crippen LogP contribution is -2.48.